The molecule has 10 nitrogen and oxygen atoms in total. The van der Waals surface area contributed by atoms with Crippen molar-refractivity contribution in [1.82, 2.24) is 0 Å². The van der Waals surface area contributed by atoms with Crippen LogP contribution in [0, 0.1) is 11.8 Å². The molecule has 2 unspecified atom stereocenters. The van der Waals surface area contributed by atoms with Crippen LogP contribution in [0.15, 0.2) is 107 Å². The molecule has 0 N–H and O–H groups in total. The van der Waals surface area contributed by atoms with Crippen LogP contribution in [0.4, 0.5) is 0 Å². The Kier molecular flexibility index (Phi) is 18.2. The van der Waals surface area contributed by atoms with Gasteiger partial charge >= 0.3 is 23.9 Å². The lowest BCUT2D eigenvalue weighted by Crippen LogP contribution is -2.35. The number of carbonyl (C=O) groups is 4. The first-order valence-corrected chi connectivity index (χ1v) is 20.2. The predicted octanol–water partition coefficient (Wildman–Crippen LogP) is 10.3. The van der Waals surface area contributed by atoms with E-state index in [1.807, 2.05) is 0 Å². The third kappa shape index (κ3) is 12.9. The van der Waals surface area contributed by atoms with E-state index in [4.69, 9.17) is 75.6 Å². The highest BCUT2D eigenvalue weighted by atomic mass is 35.5. The Morgan fingerprint density at radius 1 is 0.431 bits per heavy atom. The van der Waals surface area contributed by atoms with Crippen molar-refractivity contribution in [2.24, 2.45) is 22.0 Å². The highest BCUT2D eigenvalue weighted by molar-refractivity contribution is 6.31. The molecule has 0 heterocycles. The molecule has 0 saturated carbocycles. The standard InChI is InChI=1S/C44H44Cl4N2O8/c1-5-55-41(51)39(42(52)56-6-2)35(27-9-17-31(45)18-10-27)25-37(29-13-21-33(47)22-14-29)49-50-38(30-15-23-34(48)24-16-30)26-36(28-11-19-32(46)20-12-28)40(43(53)57-7-3)44(54)58-8-4/h9-24,35-36,39-40H,5-8,25-26H2,1-4H3/b49-37+,50-38+. The number of hydrogen-bond acceptors (Lipinski definition) is 10. The molecule has 0 aromatic heterocycles. The number of benzene rings is 4. The van der Waals surface area contributed by atoms with Crippen LogP contribution in [0.2, 0.25) is 20.1 Å². The van der Waals surface area contributed by atoms with Gasteiger partial charge < -0.3 is 18.9 Å². The number of carbonyl (C=O) groups excluding carboxylic acids is 4. The molecule has 2 atom stereocenters. The second-order valence-electron chi connectivity index (χ2n) is 12.8. The average Bonchev–Trinajstić information content (AvgIpc) is 3.20. The van der Waals surface area contributed by atoms with Crippen LogP contribution in [0.25, 0.3) is 0 Å². The molecule has 0 amide bonds. The maximum Gasteiger partial charge on any atom is 0.320 e. The summed E-state index contributed by atoms with van der Waals surface area (Å²) in [6, 6.07) is 27.2. The Labute approximate surface area is 358 Å². The lowest BCUT2D eigenvalue weighted by Gasteiger charge is -2.26. The lowest BCUT2D eigenvalue weighted by atomic mass is 9.80. The molecule has 0 fully saturated rings. The van der Waals surface area contributed by atoms with Gasteiger partial charge in [0.15, 0.2) is 11.8 Å². The smallest absolute Gasteiger partial charge is 0.320 e. The third-order valence-corrected chi connectivity index (χ3v) is 10.0. The Hall–Kier alpha value is -4.74. The molecule has 4 aromatic rings. The molecule has 0 radical (unpaired) electrons. The fourth-order valence-electron chi connectivity index (χ4n) is 6.31. The molecule has 4 aromatic carbocycles. The summed E-state index contributed by atoms with van der Waals surface area (Å²) < 4.78 is 21.6. The summed E-state index contributed by atoms with van der Waals surface area (Å²) in [6.07, 6.45) is -0.0320. The van der Waals surface area contributed by atoms with Crippen molar-refractivity contribution < 1.29 is 38.1 Å². The van der Waals surface area contributed by atoms with Crippen LogP contribution < -0.4 is 0 Å². The van der Waals surface area contributed by atoms with E-state index in [0.717, 1.165) is 0 Å². The van der Waals surface area contributed by atoms with Crippen molar-refractivity contribution in [3.05, 3.63) is 139 Å². The van der Waals surface area contributed by atoms with E-state index in [-0.39, 0.29) is 39.3 Å². The van der Waals surface area contributed by atoms with Crippen molar-refractivity contribution in [3.8, 4) is 0 Å². The van der Waals surface area contributed by atoms with Gasteiger partial charge in [0, 0.05) is 44.8 Å². The van der Waals surface area contributed by atoms with Crippen LogP contribution >= 0.6 is 46.4 Å². The maximum atomic E-state index is 13.6. The second kappa shape index (κ2) is 23.0. The molecule has 306 valence electrons. The van der Waals surface area contributed by atoms with Crippen molar-refractivity contribution in [3.63, 3.8) is 0 Å². The molecular weight excluding hydrogens is 826 g/mol. The number of esters is 4. The molecule has 0 aliphatic heterocycles. The normalized spacial score (nSPS) is 12.9. The molecular formula is C44H44Cl4N2O8. The number of nitrogens with zero attached hydrogens (tertiary/aromatic N) is 2. The van der Waals surface area contributed by atoms with Crippen LogP contribution in [-0.4, -0.2) is 61.7 Å². The van der Waals surface area contributed by atoms with Crippen molar-refractivity contribution in [2.75, 3.05) is 26.4 Å². The highest BCUT2D eigenvalue weighted by Crippen LogP contribution is 2.36. The van der Waals surface area contributed by atoms with E-state index < -0.39 is 47.5 Å². The topological polar surface area (TPSA) is 130 Å². The summed E-state index contributed by atoms with van der Waals surface area (Å²) in [5, 5.41) is 11.5. The first kappa shape index (κ1) is 46.0. The largest absolute Gasteiger partial charge is 0.465 e. The first-order valence-electron chi connectivity index (χ1n) is 18.7. The van der Waals surface area contributed by atoms with E-state index in [2.05, 4.69) is 0 Å². The fraction of sp³-hybridized carbons (Fsp3) is 0.318. The Bertz CT molecular complexity index is 1870. The van der Waals surface area contributed by atoms with Gasteiger partial charge in [0.25, 0.3) is 0 Å². The molecule has 0 spiro atoms. The molecule has 14 heteroatoms. The van der Waals surface area contributed by atoms with Crippen molar-refractivity contribution in [1.29, 1.82) is 0 Å². The van der Waals surface area contributed by atoms with E-state index >= 15 is 0 Å². The molecule has 0 saturated heterocycles. The first-order chi connectivity index (χ1) is 27.9. The summed E-state index contributed by atoms with van der Waals surface area (Å²) >= 11 is 25.2. The second-order valence-corrected chi connectivity index (χ2v) is 14.5. The van der Waals surface area contributed by atoms with Crippen molar-refractivity contribution >= 4 is 81.7 Å². The maximum absolute atomic E-state index is 13.6. The van der Waals surface area contributed by atoms with Crippen LogP contribution in [0.3, 0.4) is 0 Å². The minimum absolute atomic E-state index is 0.0160. The fourth-order valence-corrected chi connectivity index (χ4v) is 6.81. The van der Waals surface area contributed by atoms with Crippen LogP contribution in [0.5, 0.6) is 0 Å². The molecule has 58 heavy (non-hydrogen) atoms. The van der Waals surface area contributed by atoms with Gasteiger partial charge in [-0.25, -0.2) is 0 Å². The monoisotopic (exact) mass is 868 g/mol. The molecule has 0 bridgehead atoms. The van der Waals surface area contributed by atoms with Crippen LogP contribution in [-0.2, 0) is 38.1 Å². The Morgan fingerprint density at radius 3 is 0.914 bits per heavy atom. The highest BCUT2D eigenvalue weighted by Gasteiger charge is 2.41. The van der Waals surface area contributed by atoms with Gasteiger partial charge in [-0.05, 0) is 98.5 Å². The quantitative estimate of drug-likeness (QED) is 0.0299. The Morgan fingerprint density at radius 2 is 0.672 bits per heavy atom. The number of halogens is 4. The van der Waals surface area contributed by atoms with E-state index in [0.29, 0.717) is 53.8 Å². The zero-order valence-electron chi connectivity index (χ0n) is 32.5. The minimum atomic E-state index is -1.39. The van der Waals surface area contributed by atoms with E-state index in [9.17, 15) is 19.2 Å². The Balaban J connectivity index is 1.99. The van der Waals surface area contributed by atoms with Crippen LogP contribution in [0.1, 0.15) is 74.6 Å². The zero-order chi connectivity index (χ0) is 42.2. The van der Waals surface area contributed by atoms with Gasteiger partial charge in [-0.2, -0.15) is 10.2 Å². The molecule has 0 aliphatic carbocycles. The summed E-state index contributed by atoms with van der Waals surface area (Å²) in [7, 11) is 0. The molecule has 0 aliphatic rings. The van der Waals surface area contributed by atoms with E-state index in [1.54, 1.807) is 125 Å². The van der Waals surface area contributed by atoms with Gasteiger partial charge in [0.1, 0.15) is 0 Å². The third-order valence-electron chi connectivity index (χ3n) is 9.04. The summed E-state index contributed by atoms with van der Waals surface area (Å²) in [4.78, 5) is 54.4. The number of ether oxygens (including phenoxy) is 4. The molecule has 4 rings (SSSR count). The van der Waals surface area contributed by atoms with Gasteiger partial charge in [-0.15, -0.1) is 0 Å². The van der Waals surface area contributed by atoms with Gasteiger partial charge in [-0.3, -0.25) is 19.2 Å². The average molecular weight is 871 g/mol. The summed E-state index contributed by atoms with van der Waals surface area (Å²) in [5.41, 5.74) is 3.06. The number of hydrogen-bond donors (Lipinski definition) is 0. The number of rotatable bonds is 19. The zero-order valence-corrected chi connectivity index (χ0v) is 35.5. The van der Waals surface area contributed by atoms with Gasteiger partial charge in [0.2, 0.25) is 0 Å². The van der Waals surface area contributed by atoms with E-state index in [1.165, 1.54) is 0 Å². The van der Waals surface area contributed by atoms with Crippen molar-refractivity contribution in [2.45, 2.75) is 52.4 Å². The minimum Gasteiger partial charge on any atom is -0.465 e. The van der Waals surface area contributed by atoms with Gasteiger partial charge in [-0.1, -0.05) is 94.9 Å². The summed E-state index contributed by atoms with van der Waals surface area (Å²) in [6.45, 7) is 6.72. The predicted molar refractivity (Wildman–Crippen MR) is 227 cm³/mol. The summed E-state index contributed by atoms with van der Waals surface area (Å²) in [5.74, 6) is -7.57. The van der Waals surface area contributed by atoms with Gasteiger partial charge in [0.05, 0.1) is 37.9 Å². The lowest BCUT2D eigenvalue weighted by molar-refractivity contribution is -0.164. The SMILES string of the molecule is CCOC(=O)C(C(=O)OCC)C(C/C(=N\N=C(/CC(c1ccc(Cl)cc1)C(C(=O)OCC)C(=O)OCC)c1ccc(Cl)cc1)c1ccc(Cl)cc1)c1ccc(Cl)cc1.